The average molecular weight is 283 g/mol. The molecule has 2 atom stereocenters. The van der Waals surface area contributed by atoms with Gasteiger partial charge in [-0.15, -0.1) is 0 Å². The first-order valence-electron chi connectivity index (χ1n) is 8.27. The zero-order valence-corrected chi connectivity index (χ0v) is 13.5. The van der Waals surface area contributed by atoms with Crippen molar-refractivity contribution in [2.45, 2.75) is 58.9 Å². The van der Waals surface area contributed by atoms with Gasteiger partial charge in [-0.3, -0.25) is 4.79 Å². The summed E-state index contributed by atoms with van der Waals surface area (Å²) in [5.41, 5.74) is 5.58. The first kappa shape index (κ1) is 17.4. The number of amides is 1. The number of nitrogens with two attached hydrogens (primary N) is 1. The molecule has 0 aliphatic carbocycles. The maximum Gasteiger partial charge on any atom is 0.220 e. The van der Waals surface area contributed by atoms with E-state index < -0.39 is 0 Å². The number of likely N-dealkylation sites (tertiary alicyclic amines) is 1. The number of nitrogens with zero attached hydrogens (tertiary/aromatic N) is 1. The Morgan fingerprint density at radius 2 is 2.15 bits per heavy atom. The molecule has 1 aliphatic rings. The summed E-state index contributed by atoms with van der Waals surface area (Å²) in [5.74, 6) is 1.45. The molecule has 4 heteroatoms. The highest BCUT2D eigenvalue weighted by Crippen LogP contribution is 2.18. The lowest BCUT2D eigenvalue weighted by Gasteiger charge is -2.20. The minimum atomic E-state index is 0.212. The Balaban J connectivity index is 2.14. The van der Waals surface area contributed by atoms with Crippen LogP contribution in [0.5, 0.6) is 0 Å². The third kappa shape index (κ3) is 6.23. The molecular weight excluding hydrogens is 250 g/mol. The highest BCUT2D eigenvalue weighted by Gasteiger charge is 2.24. The first-order valence-corrected chi connectivity index (χ1v) is 8.27. The highest BCUT2D eigenvalue weighted by atomic mass is 16.1. The molecule has 2 unspecified atom stereocenters. The maximum atomic E-state index is 11.9. The van der Waals surface area contributed by atoms with Crippen molar-refractivity contribution in [2.24, 2.45) is 17.6 Å². The first-order chi connectivity index (χ1) is 9.56. The summed E-state index contributed by atoms with van der Waals surface area (Å²) in [6, 6.07) is 0.622. The van der Waals surface area contributed by atoms with Crippen LogP contribution in [0.25, 0.3) is 0 Å². The van der Waals surface area contributed by atoms with Crippen molar-refractivity contribution in [1.82, 2.24) is 10.2 Å². The molecule has 1 heterocycles. The third-order valence-corrected chi connectivity index (χ3v) is 4.57. The summed E-state index contributed by atoms with van der Waals surface area (Å²) < 4.78 is 0. The summed E-state index contributed by atoms with van der Waals surface area (Å²) in [4.78, 5) is 14.4. The van der Waals surface area contributed by atoms with Crippen molar-refractivity contribution in [2.75, 3.05) is 26.2 Å². The summed E-state index contributed by atoms with van der Waals surface area (Å²) in [7, 11) is 0. The molecule has 1 rings (SSSR count). The molecule has 20 heavy (non-hydrogen) atoms. The Morgan fingerprint density at radius 3 is 2.70 bits per heavy atom. The van der Waals surface area contributed by atoms with Gasteiger partial charge in [-0.05, 0) is 58.0 Å². The number of carbonyl (C=O) groups excluding carboxylic acids is 1. The monoisotopic (exact) mass is 283 g/mol. The van der Waals surface area contributed by atoms with Gasteiger partial charge in [-0.1, -0.05) is 13.3 Å². The third-order valence-electron chi connectivity index (χ3n) is 4.57. The Hall–Kier alpha value is -0.610. The van der Waals surface area contributed by atoms with Crippen LogP contribution in [0.3, 0.4) is 0 Å². The molecule has 0 bridgehead atoms. The zero-order valence-electron chi connectivity index (χ0n) is 13.5. The smallest absolute Gasteiger partial charge is 0.220 e. The Bertz CT molecular complexity index is 281. The van der Waals surface area contributed by atoms with Gasteiger partial charge < -0.3 is 16.0 Å². The largest absolute Gasteiger partial charge is 0.356 e. The number of hydrogen-bond donors (Lipinski definition) is 2. The summed E-state index contributed by atoms with van der Waals surface area (Å²) in [6.45, 7) is 10.5. The molecule has 0 spiro atoms. The van der Waals surface area contributed by atoms with Gasteiger partial charge in [0, 0.05) is 25.6 Å². The van der Waals surface area contributed by atoms with Crippen LogP contribution in [-0.2, 0) is 4.79 Å². The molecule has 0 aromatic carbocycles. The van der Waals surface area contributed by atoms with E-state index in [-0.39, 0.29) is 5.91 Å². The van der Waals surface area contributed by atoms with Crippen LogP contribution in [0.2, 0.25) is 0 Å². The van der Waals surface area contributed by atoms with E-state index in [4.69, 9.17) is 5.73 Å². The van der Waals surface area contributed by atoms with Crippen LogP contribution >= 0.6 is 0 Å². The van der Waals surface area contributed by atoms with E-state index in [2.05, 4.69) is 31.0 Å². The lowest BCUT2D eigenvalue weighted by atomic mass is 9.96. The van der Waals surface area contributed by atoms with Crippen LogP contribution in [0.15, 0.2) is 0 Å². The summed E-state index contributed by atoms with van der Waals surface area (Å²) in [6.07, 6.45) is 5.00. The second-order valence-electron chi connectivity index (χ2n) is 6.44. The van der Waals surface area contributed by atoms with Crippen molar-refractivity contribution in [3.63, 3.8) is 0 Å². The lowest BCUT2D eigenvalue weighted by Crippen LogP contribution is -2.33. The Labute approximate surface area is 124 Å². The molecule has 1 amide bonds. The fourth-order valence-corrected chi connectivity index (χ4v) is 2.97. The fraction of sp³-hybridized carbons (Fsp3) is 0.938. The molecule has 1 fully saturated rings. The molecule has 118 valence electrons. The normalized spacial score (nSPS) is 21.4. The topological polar surface area (TPSA) is 58.4 Å². The van der Waals surface area contributed by atoms with Gasteiger partial charge in [-0.2, -0.15) is 0 Å². The standard InChI is InChI=1S/C16H33N3O/c1-4-14(7-9-17)5-6-16(20)18-11-15-8-10-19(12-15)13(2)3/h13-15H,4-12,17H2,1-3H3,(H,18,20). The van der Waals surface area contributed by atoms with Crippen molar-refractivity contribution in [1.29, 1.82) is 0 Å². The second kappa shape index (κ2) is 9.35. The van der Waals surface area contributed by atoms with Crippen molar-refractivity contribution < 1.29 is 4.79 Å². The maximum absolute atomic E-state index is 11.9. The minimum absolute atomic E-state index is 0.212. The van der Waals surface area contributed by atoms with Crippen molar-refractivity contribution in [3.05, 3.63) is 0 Å². The summed E-state index contributed by atoms with van der Waals surface area (Å²) >= 11 is 0. The van der Waals surface area contributed by atoms with Crippen LogP contribution < -0.4 is 11.1 Å². The summed E-state index contributed by atoms with van der Waals surface area (Å²) in [5, 5.41) is 3.11. The van der Waals surface area contributed by atoms with Gasteiger partial charge in [0.25, 0.3) is 0 Å². The van der Waals surface area contributed by atoms with Crippen LogP contribution in [0.4, 0.5) is 0 Å². The number of carbonyl (C=O) groups is 1. The van der Waals surface area contributed by atoms with Gasteiger partial charge in [0.1, 0.15) is 0 Å². The quantitative estimate of drug-likeness (QED) is 0.680. The van der Waals surface area contributed by atoms with E-state index in [0.717, 1.165) is 38.9 Å². The minimum Gasteiger partial charge on any atom is -0.356 e. The van der Waals surface area contributed by atoms with E-state index in [9.17, 15) is 4.79 Å². The average Bonchev–Trinajstić information content (AvgIpc) is 2.90. The van der Waals surface area contributed by atoms with Gasteiger partial charge in [0.05, 0.1) is 0 Å². The van der Waals surface area contributed by atoms with Crippen LogP contribution in [0.1, 0.15) is 52.9 Å². The van der Waals surface area contributed by atoms with Crippen molar-refractivity contribution >= 4 is 5.91 Å². The van der Waals surface area contributed by atoms with E-state index in [0.29, 0.717) is 24.3 Å². The molecule has 0 aromatic heterocycles. The molecular formula is C16H33N3O. The number of hydrogen-bond acceptors (Lipinski definition) is 3. The molecule has 0 radical (unpaired) electrons. The van der Waals surface area contributed by atoms with E-state index in [1.165, 1.54) is 13.0 Å². The van der Waals surface area contributed by atoms with Crippen LogP contribution in [0, 0.1) is 11.8 Å². The van der Waals surface area contributed by atoms with Crippen molar-refractivity contribution in [3.8, 4) is 0 Å². The van der Waals surface area contributed by atoms with Gasteiger partial charge in [0.15, 0.2) is 0 Å². The zero-order chi connectivity index (χ0) is 15.0. The van der Waals surface area contributed by atoms with Gasteiger partial charge in [-0.25, -0.2) is 0 Å². The molecule has 4 nitrogen and oxygen atoms in total. The number of rotatable bonds is 9. The molecule has 0 aromatic rings. The fourth-order valence-electron chi connectivity index (χ4n) is 2.97. The van der Waals surface area contributed by atoms with E-state index in [1.807, 2.05) is 0 Å². The second-order valence-corrected chi connectivity index (χ2v) is 6.44. The van der Waals surface area contributed by atoms with Gasteiger partial charge >= 0.3 is 0 Å². The molecule has 3 N–H and O–H groups in total. The van der Waals surface area contributed by atoms with Gasteiger partial charge in [0.2, 0.25) is 5.91 Å². The molecule has 1 saturated heterocycles. The van der Waals surface area contributed by atoms with Crippen LogP contribution in [-0.4, -0.2) is 43.0 Å². The van der Waals surface area contributed by atoms with E-state index >= 15 is 0 Å². The molecule has 1 aliphatic heterocycles. The SMILES string of the molecule is CCC(CCN)CCC(=O)NCC1CCN(C(C)C)C1. The predicted octanol–water partition coefficient (Wildman–Crippen LogP) is 1.99. The highest BCUT2D eigenvalue weighted by molar-refractivity contribution is 5.75. The Kier molecular flexibility index (Phi) is 8.15. The number of nitrogens with one attached hydrogen (secondary N) is 1. The van der Waals surface area contributed by atoms with E-state index in [1.54, 1.807) is 0 Å². The lowest BCUT2D eigenvalue weighted by molar-refractivity contribution is -0.121. The predicted molar refractivity (Wildman–Crippen MR) is 84.5 cm³/mol. The Morgan fingerprint density at radius 1 is 1.40 bits per heavy atom. The molecule has 0 saturated carbocycles.